The van der Waals surface area contributed by atoms with E-state index in [4.69, 9.17) is 9.47 Å². The van der Waals surface area contributed by atoms with Crippen molar-refractivity contribution < 1.29 is 24.2 Å². The highest BCUT2D eigenvalue weighted by Crippen LogP contribution is 2.19. The number of hydrogen-bond acceptors (Lipinski definition) is 5. The molecule has 0 aromatic heterocycles. The molecule has 1 atom stereocenters. The Morgan fingerprint density at radius 1 is 0.255 bits per heavy atom. The Hall–Kier alpha value is -3.96. The first-order chi connectivity index (χ1) is 46.6. The molecule has 0 aliphatic carbocycles. The van der Waals surface area contributed by atoms with Gasteiger partial charge in [-0.05, 0) is 116 Å². The van der Waals surface area contributed by atoms with Crippen molar-refractivity contribution in [1.82, 2.24) is 0 Å². The first-order valence-electron chi connectivity index (χ1n) is 40.7. The van der Waals surface area contributed by atoms with Crippen molar-refractivity contribution >= 4 is 11.9 Å². The van der Waals surface area contributed by atoms with Gasteiger partial charge in [-0.25, -0.2) is 0 Å². The molecule has 0 rings (SSSR count). The lowest BCUT2D eigenvalue weighted by Gasteiger charge is -2.15. The second kappa shape index (κ2) is 83.3. The Morgan fingerprint density at radius 3 is 0.691 bits per heavy atom. The van der Waals surface area contributed by atoms with Crippen LogP contribution in [-0.4, -0.2) is 36.4 Å². The standard InChI is InChI=1S/C89H154O5/c1-3-5-7-9-11-13-15-17-19-21-23-25-27-29-31-33-35-37-39-41-43-44-46-47-49-51-53-55-57-59-61-63-65-67-69-71-73-75-77-79-81-83-88(91)93-86-87(85-90)94-89(92)84-82-80-78-76-74-72-70-68-66-64-62-60-58-56-54-52-50-48-45-42-40-38-36-34-32-30-28-26-24-22-20-18-16-14-12-10-8-6-4-2/h6,8,12,14-15,17-18,20-21,23-24,26,30,32,36,38,42,45,50,52,56,58,87,90H,3-5,7,9-11,13,16,19,22,25,27-29,31,33-35,37,39-41,43-44,46-49,51,53-55,57,59-86H2,1-2H3/b8-6-,14-12-,17-15-,20-18-,23-21-,26-24-,32-30-,38-36-,45-42-,52-50-,58-56-. The summed E-state index contributed by atoms with van der Waals surface area (Å²) in [4.78, 5) is 24.7. The van der Waals surface area contributed by atoms with E-state index in [0.29, 0.717) is 12.8 Å². The van der Waals surface area contributed by atoms with Crippen LogP contribution in [0.2, 0.25) is 0 Å². The molecule has 0 aliphatic rings. The van der Waals surface area contributed by atoms with Gasteiger partial charge in [-0.1, -0.05) is 404 Å². The van der Waals surface area contributed by atoms with E-state index in [1.165, 1.54) is 270 Å². The summed E-state index contributed by atoms with van der Waals surface area (Å²) < 4.78 is 10.8. The van der Waals surface area contributed by atoms with Crippen LogP contribution in [0.4, 0.5) is 0 Å². The summed E-state index contributed by atoms with van der Waals surface area (Å²) in [6.07, 6.45) is 124. The highest BCUT2D eigenvalue weighted by atomic mass is 16.6. The van der Waals surface area contributed by atoms with Crippen LogP contribution in [0, 0.1) is 0 Å². The topological polar surface area (TPSA) is 72.8 Å². The highest BCUT2D eigenvalue weighted by molar-refractivity contribution is 5.70. The predicted molar refractivity (Wildman–Crippen MR) is 417 cm³/mol. The normalized spacial score (nSPS) is 12.9. The van der Waals surface area contributed by atoms with Crippen molar-refractivity contribution in [2.24, 2.45) is 0 Å². The SMILES string of the molecule is CC/C=C\C/C=C\C/C=C\C/C=C\C/C=C\C/C=C\C/C=C\C/C=C\C/C=C\CCCCCCCCCCCCCC(=O)OC(CO)COC(=O)CCCCCCCCCCCCCCCCCCCCCCCCCCCCCCC/C=C\C/C=C\CCCCCCC. The molecule has 94 heavy (non-hydrogen) atoms. The van der Waals surface area contributed by atoms with Crippen LogP contribution < -0.4 is 0 Å². The molecule has 0 fully saturated rings. The Balaban J connectivity index is 3.45. The molecule has 0 saturated carbocycles. The van der Waals surface area contributed by atoms with E-state index in [-0.39, 0.29) is 25.2 Å². The average Bonchev–Trinajstić information content (AvgIpc) is 3.65. The smallest absolute Gasteiger partial charge is 0.306 e. The maximum absolute atomic E-state index is 12.4. The van der Waals surface area contributed by atoms with Crippen LogP contribution in [0.25, 0.3) is 0 Å². The lowest BCUT2D eigenvalue weighted by molar-refractivity contribution is -0.161. The number of rotatable bonds is 75. The maximum Gasteiger partial charge on any atom is 0.306 e. The number of carbonyl (C=O) groups is 2. The lowest BCUT2D eigenvalue weighted by Crippen LogP contribution is -2.28. The summed E-state index contributed by atoms with van der Waals surface area (Å²) in [5, 5.41) is 9.73. The molecule has 0 aromatic rings. The minimum atomic E-state index is -0.781. The predicted octanol–water partition coefficient (Wildman–Crippen LogP) is 29.0. The van der Waals surface area contributed by atoms with Gasteiger partial charge in [0.1, 0.15) is 6.61 Å². The summed E-state index contributed by atoms with van der Waals surface area (Å²) >= 11 is 0. The van der Waals surface area contributed by atoms with E-state index < -0.39 is 6.10 Å². The number of aliphatic hydroxyl groups excluding tert-OH is 1. The second-order valence-corrected chi connectivity index (χ2v) is 27.1. The van der Waals surface area contributed by atoms with Gasteiger partial charge in [-0.3, -0.25) is 9.59 Å². The molecule has 5 nitrogen and oxygen atoms in total. The van der Waals surface area contributed by atoms with Crippen molar-refractivity contribution in [3.05, 3.63) is 134 Å². The molecule has 1 unspecified atom stereocenters. The van der Waals surface area contributed by atoms with Gasteiger partial charge in [0.2, 0.25) is 0 Å². The zero-order valence-electron chi connectivity index (χ0n) is 62.2. The summed E-state index contributed by atoms with van der Waals surface area (Å²) in [5.74, 6) is -0.582. The van der Waals surface area contributed by atoms with Crippen molar-refractivity contribution in [3.63, 3.8) is 0 Å². The fourth-order valence-corrected chi connectivity index (χ4v) is 11.9. The number of esters is 2. The quantitative estimate of drug-likeness (QED) is 0.0373. The Kier molecular flexibility index (Phi) is 79.8. The third-order valence-electron chi connectivity index (χ3n) is 17.9. The van der Waals surface area contributed by atoms with Crippen molar-refractivity contribution in [2.75, 3.05) is 13.2 Å². The summed E-state index contributed by atoms with van der Waals surface area (Å²) in [5.41, 5.74) is 0. The first kappa shape index (κ1) is 90.0. The Bertz CT molecular complexity index is 1870. The molecule has 0 saturated heterocycles. The minimum absolute atomic E-state index is 0.0684. The second-order valence-electron chi connectivity index (χ2n) is 27.1. The molecule has 540 valence electrons. The molecule has 0 spiro atoms. The van der Waals surface area contributed by atoms with Crippen molar-refractivity contribution in [3.8, 4) is 0 Å². The van der Waals surface area contributed by atoms with Gasteiger partial charge in [0, 0.05) is 12.8 Å². The van der Waals surface area contributed by atoms with E-state index in [2.05, 4.69) is 148 Å². The number of carbonyl (C=O) groups excluding carboxylic acids is 2. The number of allylic oxidation sites excluding steroid dienone is 22. The maximum atomic E-state index is 12.4. The molecule has 0 aromatic carbocycles. The number of unbranched alkanes of at least 4 members (excludes halogenated alkanes) is 45. The van der Waals surface area contributed by atoms with Crippen LogP contribution in [0.1, 0.15) is 399 Å². The van der Waals surface area contributed by atoms with Crippen LogP contribution >= 0.6 is 0 Å². The van der Waals surface area contributed by atoms with Gasteiger partial charge in [-0.2, -0.15) is 0 Å². The largest absolute Gasteiger partial charge is 0.462 e. The number of aliphatic hydroxyl groups is 1. The highest BCUT2D eigenvalue weighted by Gasteiger charge is 2.16. The van der Waals surface area contributed by atoms with Crippen LogP contribution in [0.3, 0.4) is 0 Å². The molecular formula is C89H154O5. The van der Waals surface area contributed by atoms with Gasteiger partial charge < -0.3 is 14.6 Å². The van der Waals surface area contributed by atoms with E-state index in [1.807, 2.05) is 0 Å². The van der Waals surface area contributed by atoms with Gasteiger partial charge in [0.15, 0.2) is 6.10 Å². The van der Waals surface area contributed by atoms with Crippen LogP contribution in [-0.2, 0) is 19.1 Å². The fourth-order valence-electron chi connectivity index (χ4n) is 11.9. The molecule has 0 heterocycles. The number of hydrogen-bond donors (Lipinski definition) is 1. The van der Waals surface area contributed by atoms with Crippen molar-refractivity contribution in [1.29, 1.82) is 0 Å². The van der Waals surface area contributed by atoms with Crippen molar-refractivity contribution in [2.45, 2.75) is 405 Å². The summed E-state index contributed by atoms with van der Waals surface area (Å²) in [6.45, 7) is 4.05. The number of ether oxygens (including phenoxy) is 2. The van der Waals surface area contributed by atoms with E-state index in [1.54, 1.807) is 0 Å². The zero-order valence-corrected chi connectivity index (χ0v) is 62.2. The Morgan fingerprint density at radius 2 is 0.457 bits per heavy atom. The van der Waals surface area contributed by atoms with Crippen LogP contribution in [0.5, 0.6) is 0 Å². The molecule has 0 bridgehead atoms. The average molecular weight is 1300 g/mol. The van der Waals surface area contributed by atoms with Gasteiger partial charge >= 0.3 is 11.9 Å². The molecule has 0 radical (unpaired) electrons. The molecule has 0 aliphatic heterocycles. The molecule has 1 N–H and O–H groups in total. The monoisotopic (exact) mass is 1300 g/mol. The summed E-state index contributed by atoms with van der Waals surface area (Å²) in [7, 11) is 0. The molecular weight excluding hydrogens is 1150 g/mol. The molecule has 0 amide bonds. The van der Waals surface area contributed by atoms with E-state index in [0.717, 1.165) is 103 Å². The fraction of sp³-hybridized carbons (Fsp3) is 0.730. The summed E-state index contributed by atoms with van der Waals surface area (Å²) in [6, 6.07) is 0. The van der Waals surface area contributed by atoms with E-state index in [9.17, 15) is 14.7 Å². The third-order valence-corrected chi connectivity index (χ3v) is 17.9. The van der Waals surface area contributed by atoms with Gasteiger partial charge in [0.25, 0.3) is 0 Å². The van der Waals surface area contributed by atoms with Gasteiger partial charge in [-0.15, -0.1) is 0 Å². The van der Waals surface area contributed by atoms with E-state index >= 15 is 0 Å². The lowest BCUT2D eigenvalue weighted by atomic mass is 10.0. The zero-order chi connectivity index (χ0) is 67.5. The first-order valence-corrected chi connectivity index (χ1v) is 40.7. The third kappa shape index (κ3) is 80.5. The van der Waals surface area contributed by atoms with Crippen LogP contribution in [0.15, 0.2) is 134 Å². The Labute approximate surface area is 585 Å². The molecule has 5 heteroatoms. The minimum Gasteiger partial charge on any atom is -0.462 e. The van der Waals surface area contributed by atoms with Gasteiger partial charge in [0.05, 0.1) is 6.61 Å².